The van der Waals surface area contributed by atoms with Crippen molar-refractivity contribution in [2.45, 2.75) is 35.9 Å². The number of sulfonamides is 1. The van der Waals surface area contributed by atoms with Crippen LogP contribution in [0.5, 0.6) is 0 Å². The Morgan fingerprint density at radius 3 is 2.76 bits per heavy atom. The summed E-state index contributed by atoms with van der Waals surface area (Å²) in [4.78, 5) is 0. The van der Waals surface area contributed by atoms with Crippen LogP contribution in [0.15, 0.2) is 39.9 Å². The Bertz CT molecular complexity index is 734. The molecule has 4 nitrogen and oxygen atoms in total. The molecule has 3 N–H and O–H groups in total. The number of anilines is 1. The zero-order chi connectivity index (χ0) is 14.9. The van der Waals surface area contributed by atoms with Crippen LogP contribution < -0.4 is 10.5 Å². The van der Waals surface area contributed by atoms with Gasteiger partial charge in [-0.3, -0.25) is 0 Å². The molecule has 0 radical (unpaired) electrons. The molecule has 1 aromatic carbocycles. The number of nitrogens with one attached hydrogen (secondary N) is 1. The molecule has 0 spiro atoms. The van der Waals surface area contributed by atoms with Crippen LogP contribution in [0.4, 0.5) is 5.69 Å². The van der Waals surface area contributed by atoms with E-state index in [9.17, 15) is 8.42 Å². The van der Waals surface area contributed by atoms with E-state index in [4.69, 9.17) is 5.14 Å². The summed E-state index contributed by atoms with van der Waals surface area (Å²) in [6, 6.07) is 10.2. The second-order valence-electron chi connectivity index (χ2n) is 5.39. The Morgan fingerprint density at radius 1 is 1.29 bits per heavy atom. The Labute approximate surface area is 129 Å². The van der Waals surface area contributed by atoms with Crippen LogP contribution in [0.25, 0.3) is 0 Å². The largest absolute Gasteiger partial charge is 0.381 e. The van der Waals surface area contributed by atoms with Gasteiger partial charge in [-0.2, -0.15) is 0 Å². The molecule has 0 bridgehead atoms. The number of hydrogen-bond acceptors (Lipinski definition) is 4. The Kier molecular flexibility index (Phi) is 4.01. The van der Waals surface area contributed by atoms with Gasteiger partial charge in [-0.25, -0.2) is 13.6 Å². The summed E-state index contributed by atoms with van der Waals surface area (Å²) >= 11 is 1.16. The maximum atomic E-state index is 11.5. The zero-order valence-electron chi connectivity index (χ0n) is 11.6. The van der Waals surface area contributed by atoms with Crippen molar-refractivity contribution in [3.8, 4) is 0 Å². The fraction of sp³-hybridized carbons (Fsp3) is 0.333. The predicted octanol–water partition coefficient (Wildman–Crippen LogP) is 3.28. The lowest BCUT2D eigenvalue weighted by Crippen LogP contribution is -2.13. The Balaban J connectivity index is 1.72. The van der Waals surface area contributed by atoms with Crippen molar-refractivity contribution in [3.63, 3.8) is 0 Å². The maximum Gasteiger partial charge on any atom is 0.247 e. The molecule has 112 valence electrons. The van der Waals surface area contributed by atoms with Crippen molar-refractivity contribution in [2.24, 2.45) is 5.14 Å². The third-order valence-corrected chi connectivity index (χ3v) is 6.42. The first-order valence-electron chi connectivity index (χ1n) is 6.97. The zero-order valence-corrected chi connectivity index (χ0v) is 13.2. The molecule has 1 aliphatic carbocycles. The third kappa shape index (κ3) is 3.28. The number of hydrogen-bond donors (Lipinski definition) is 2. The van der Waals surface area contributed by atoms with Crippen molar-refractivity contribution in [1.29, 1.82) is 0 Å². The van der Waals surface area contributed by atoms with Crippen molar-refractivity contribution in [3.05, 3.63) is 46.8 Å². The van der Waals surface area contributed by atoms with E-state index >= 15 is 0 Å². The molecule has 0 amide bonds. The number of primary sulfonamides is 1. The molecule has 1 saturated carbocycles. The molecule has 21 heavy (non-hydrogen) atoms. The van der Waals surface area contributed by atoms with E-state index in [1.807, 2.05) is 12.1 Å². The molecular formula is C15H18N2O2S2. The van der Waals surface area contributed by atoms with Crippen LogP contribution in [-0.4, -0.2) is 8.42 Å². The molecule has 1 aromatic heterocycles. The Hall–Kier alpha value is -1.37. The average Bonchev–Trinajstić information content (AvgIpc) is 2.83. The van der Waals surface area contributed by atoms with Crippen LogP contribution in [0.1, 0.15) is 36.3 Å². The molecule has 2 aromatic rings. The fourth-order valence-electron chi connectivity index (χ4n) is 2.54. The highest BCUT2D eigenvalue weighted by Crippen LogP contribution is 2.37. The first-order valence-corrected chi connectivity index (χ1v) is 9.39. The number of thiophene rings is 1. The summed E-state index contributed by atoms with van der Waals surface area (Å²) in [5.74, 6) is 0.688. The first-order chi connectivity index (χ1) is 10.0. The van der Waals surface area contributed by atoms with Crippen molar-refractivity contribution < 1.29 is 8.42 Å². The van der Waals surface area contributed by atoms with Crippen LogP contribution in [0.3, 0.4) is 0 Å². The minimum atomic E-state index is -3.63. The number of nitrogens with two attached hydrogens (primary N) is 1. The second-order valence-corrected chi connectivity index (χ2v) is 8.06. The summed E-state index contributed by atoms with van der Waals surface area (Å²) in [7, 11) is -3.63. The van der Waals surface area contributed by atoms with Crippen LogP contribution in [0.2, 0.25) is 0 Å². The van der Waals surface area contributed by atoms with Crippen molar-refractivity contribution in [2.75, 3.05) is 5.32 Å². The molecule has 0 unspecified atom stereocenters. The predicted molar refractivity (Wildman–Crippen MR) is 86.1 cm³/mol. The molecule has 1 aliphatic rings. The molecular weight excluding hydrogens is 304 g/mol. The number of benzene rings is 1. The molecule has 0 aliphatic heterocycles. The van der Waals surface area contributed by atoms with Gasteiger partial charge in [-0.05, 0) is 47.9 Å². The van der Waals surface area contributed by atoms with E-state index in [1.165, 1.54) is 24.8 Å². The van der Waals surface area contributed by atoms with E-state index in [-0.39, 0.29) is 4.21 Å². The van der Waals surface area contributed by atoms with Gasteiger partial charge in [0, 0.05) is 17.8 Å². The summed E-state index contributed by atoms with van der Waals surface area (Å²) < 4.78 is 23.2. The average molecular weight is 322 g/mol. The molecule has 0 saturated heterocycles. The van der Waals surface area contributed by atoms with Crippen molar-refractivity contribution >= 4 is 27.0 Å². The highest BCUT2D eigenvalue weighted by molar-refractivity contribution is 7.91. The van der Waals surface area contributed by atoms with Gasteiger partial charge in [0.1, 0.15) is 4.21 Å². The SMILES string of the molecule is NS(=O)(=O)c1sccc1CNc1cccc(C2CCC2)c1. The summed E-state index contributed by atoms with van der Waals surface area (Å²) in [6.07, 6.45) is 3.85. The van der Waals surface area contributed by atoms with Gasteiger partial charge in [0.15, 0.2) is 0 Å². The Morgan fingerprint density at radius 2 is 2.10 bits per heavy atom. The molecule has 6 heteroatoms. The molecule has 1 heterocycles. The van der Waals surface area contributed by atoms with Gasteiger partial charge in [0.05, 0.1) is 0 Å². The molecule has 1 fully saturated rings. The van der Waals surface area contributed by atoms with Gasteiger partial charge >= 0.3 is 0 Å². The lowest BCUT2D eigenvalue weighted by atomic mass is 9.80. The van der Waals surface area contributed by atoms with Crippen molar-refractivity contribution in [1.82, 2.24) is 0 Å². The van der Waals surface area contributed by atoms with Gasteiger partial charge in [-0.15, -0.1) is 11.3 Å². The van der Waals surface area contributed by atoms with E-state index in [1.54, 1.807) is 11.4 Å². The molecule has 3 rings (SSSR count). The van der Waals surface area contributed by atoms with Gasteiger partial charge in [0.25, 0.3) is 0 Å². The summed E-state index contributed by atoms with van der Waals surface area (Å²) in [5.41, 5.74) is 3.10. The van der Waals surface area contributed by atoms with Crippen LogP contribution >= 0.6 is 11.3 Å². The topological polar surface area (TPSA) is 72.2 Å². The summed E-state index contributed by atoms with van der Waals surface area (Å²) in [6.45, 7) is 0.462. The van der Waals surface area contributed by atoms with E-state index in [2.05, 4.69) is 17.4 Å². The van der Waals surface area contributed by atoms with E-state index in [0.29, 0.717) is 12.5 Å². The molecule has 0 atom stereocenters. The lowest BCUT2D eigenvalue weighted by Gasteiger charge is -2.26. The third-order valence-electron chi connectivity index (χ3n) is 3.91. The van der Waals surface area contributed by atoms with Gasteiger partial charge in [0.2, 0.25) is 10.0 Å². The minimum Gasteiger partial charge on any atom is -0.381 e. The van der Waals surface area contributed by atoms with Crippen LogP contribution in [-0.2, 0) is 16.6 Å². The quantitative estimate of drug-likeness (QED) is 0.887. The standard InChI is InChI=1S/C15H18N2O2S2/c16-21(18,19)15-13(7-8-20-15)10-17-14-6-2-5-12(9-14)11-3-1-4-11/h2,5-9,11,17H,1,3-4,10H2,(H2,16,18,19). The maximum absolute atomic E-state index is 11.5. The fourth-order valence-corrected chi connectivity index (χ4v) is 4.40. The van der Waals surface area contributed by atoms with E-state index in [0.717, 1.165) is 22.6 Å². The smallest absolute Gasteiger partial charge is 0.247 e. The normalized spacial score (nSPS) is 15.7. The first kappa shape index (κ1) is 14.6. The number of rotatable bonds is 5. The second kappa shape index (κ2) is 5.79. The van der Waals surface area contributed by atoms with E-state index < -0.39 is 10.0 Å². The van der Waals surface area contributed by atoms with Gasteiger partial charge in [-0.1, -0.05) is 18.6 Å². The minimum absolute atomic E-state index is 0.241. The van der Waals surface area contributed by atoms with Crippen LogP contribution in [0, 0.1) is 0 Å². The monoisotopic (exact) mass is 322 g/mol. The highest BCUT2D eigenvalue weighted by Gasteiger charge is 2.19. The summed E-state index contributed by atoms with van der Waals surface area (Å²) in [5, 5.41) is 10.3. The highest BCUT2D eigenvalue weighted by atomic mass is 32.2. The lowest BCUT2D eigenvalue weighted by molar-refractivity contribution is 0.420. The van der Waals surface area contributed by atoms with Gasteiger partial charge < -0.3 is 5.32 Å².